The van der Waals surface area contributed by atoms with Crippen molar-refractivity contribution in [2.24, 2.45) is 0 Å². The fourth-order valence-electron chi connectivity index (χ4n) is 3.00. The average Bonchev–Trinajstić information content (AvgIpc) is 3.03. The zero-order valence-corrected chi connectivity index (χ0v) is 14.2. The molecule has 1 unspecified atom stereocenters. The molecule has 124 valence electrons. The molecular formula is C20H22N2O2. The highest BCUT2D eigenvalue weighted by Crippen LogP contribution is 2.29. The number of H-pyrrole nitrogens is 1. The molecule has 0 bridgehead atoms. The molecule has 0 fully saturated rings. The zero-order chi connectivity index (χ0) is 17.1. The molecule has 1 aromatic heterocycles. The second-order valence-corrected chi connectivity index (χ2v) is 5.96. The maximum atomic E-state index is 12.7. The van der Waals surface area contributed by atoms with E-state index in [1.165, 1.54) is 0 Å². The van der Waals surface area contributed by atoms with E-state index in [0.29, 0.717) is 6.42 Å². The van der Waals surface area contributed by atoms with Crippen molar-refractivity contribution < 1.29 is 9.53 Å². The lowest BCUT2D eigenvalue weighted by Crippen LogP contribution is -2.31. The molecule has 3 aromatic rings. The number of aromatic amines is 1. The Morgan fingerprint density at radius 1 is 1.17 bits per heavy atom. The molecule has 0 saturated carbocycles. The Morgan fingerprint density at radius 2 is 1.88 bits per heavy atom. The van der Waals surface area contributed by atoms with Gasteiger partial charge in [-0.1, -0.05) is 36.4 Å². The third-order valence-corrected chi connectivity index (χ3v) is 4.58. The SMILES string of the molecule is COc1ccccc1C(C)N(C)C(=O)Cc1c[nH]c2ccccc12. The molecule has 4 heteroatoms. The van der Waals surface area contributed by atoms with E-state index in [1.807, 2.05) is 68.7 Å². The predicted molar refractivity (Wildman–Crippen MR) is 96.2 cm³/mol. The minimum Gasteiger partial charge on any atom is -0.496 e. The maximum Gasteiger partial charge on any atom is 0.227 e. The van der Waals surface area contributed by atoms with Gasteiger partial charge in [0.15, 0.2) is 0 Å². The summed E-state index contributed by atoms with van der Waals surface area (Å²) in [6.45, 7) is 2.02. The highest BCUT2D eigenvalue weighted by Gasteiger charge is 2.21. The van der Waals surface area contributed by atoms with Crippen molar-refractivity contribution in [3.8, 4) is 5.75 Å². The van der Waals surface area contributed by atoms with Crippen molar-refractivity contribution in [1.82, 2.24) is 9.88 Å². The summed E-state index contributed by atoms with van der Waals surface area (Å²) in [5.74, 6) is 0.884. The normalized spacial score (nSPS) is 12.1. The second kappa shape index (κ2) is 6.79. The van der Waals surface area contributed by atoms with E-state index < -0.39 is 0 Å². The molecule has 0 radical (unpaired) electrons. The van der Waals surface area contributed by atoms with Crippen LogP contribution in [0.2, 0.25) is 0 Å². The largest absolute Gasteiger partial charge is 0.496 e. The first-order valence-corrected chi connectivity index (χ1v) is 8.05. The number of nitrogens with one attached hydrogen (secondary N) is 1. The van der Waals surface area contributed by atoms with Crippen molar-refractivity contribution in [2.75, 3.05) is 14.2 Å². The van der Waals surface area contributed by atoms with Crippen molar-refractivity contribution in [3.63, 3.8) is 0 Å². The zero-order valence-electron chi connectivity index (χ0n) is 14.2. The van der Waals surface area contributed by atoms with Crippen LogP contribution in [-0.4, -0.2) is 29.9 Å². The van der Waals surface area contributed by atoms with Gasteiger partial charge in [-0.25, -0.2) is 0 Å². The van der Waals surface area contributed by atoms with Gasteiger partial charge in [-0.15, -0.1) is 0 Å². The minimum atomic E-state index is -0.0566. The Hall–Kier alpha value is -2.75. The van der Waals surface area contributed by atoms with Crippen molar-refractivity contribution >= 4 is 16.8 Å². The molecule has 24 heavy (non-hydrogen) atoms. The molecule has 2 aromatic carbocycles. The van der Waals surface area contributed by atoms with E-state index in [4.69, 9.17) is 4.74 Å². The number of hydrogen-bond acceptors (Lipinski definition) is 2. The molecule has 1 N–H and O–H groups in total. The fourth-order valence-corrected chi connectivity index (χ4v) is 3.00. The summed E-state index contributed by atoms with van der Waals surface area (Å²) >= 11 is 0. The molecule has 3 rings (SSSR count). The number of fused-ring (bicyclic) bond motifs is 1. The number of benzene rings is 2. The Morgan fingerprint density at radius 3 is 2.67 bits per heavy atom. The molecular weight excluding hydrogens is 300 g/mol. The van der Waals surface area contributed by atoms with Gasteiger partial charge in [-0.05, 0) is 24.6 Å². The summed E-state index contributed by atoms with van der Waals surface area (Å²) in [5.41, 5.74) is 3.09. The van der Waals surface area contributed by atoms with E-state index in [1.54, 1.807) is 12.0 Å². The van der Waals surface area contributed by atoms with Gasteiger partial charge < -0.3 is 14.6 Å². The number of rotatable bonds is 5. The number of ether oxygens (including phenoxy) is 1. The third kappa shape index (κ3) is 3.00. The smallest absolute Gasteiger partial charge is 0.227 e. The van der Waals surface area contributed by atoms with Gasteiger partial charge in [-0.2, -0.15) is 0 Å². The van der Waals surface area contributed by atoms with Crippen LogP contribution in [0.4, 0.5) is 0 Å². The molecule has 1 atom stereocenters. The number of carbonyl (C=O) groups is 1. The first kappa shape index (κ1) is 16.1. The van der Waals surface area contributed by atoms with Crippen molar-refractivity contribution in [1.29, 1.82) is 0 Å². The predicted octanol–water partition coefficient (Wildman–Crippen LogP) is 3.94. The van der Waals surface area contributed by atoms with Crippen LogP contribution in [0.1, 0.15) is 24.1 Å². The summed E-state index contributed by atoms with van der Waals surface area (Å²) in [4.78, 5) is 17.7. The summed E-state index contributed by atoms with van der Waals surface area (Å²) in [5, 5.41) is 1.10. The van der Waals surface area contributed by atoms with Gasteiger partial charge >= 0.3 is 0 Å². The lowest BCUT2D eigenvalue weighted by atomic mass is 10.0. The van der Waals surface area contributed by atoms with Gasteiger partial charge in [-0.3, -0.25) is 4.79 Å². The van der Waals surface area contributed by atoms with Gasteiger partial charge in [0.25, 0.3) is 0 Å². The van der Waals surface area contributed by atoms with Gasteiger partial charge in [0.1, 0.15) is 5.75 Å². The quantitative estimate of drug-likeness (QED) is 0.773. The highest BCUT2D eigenvalue weighted by atomic mass is 16.5. The van der Waals surface area contributed by atoms with Gasteiger partial charge in [0, 0.05) is 29.7 Å². The van der Waals surface area contributed by atoms with Crippen LogP contribution in [0.3, 0.4) is 0 Å². The topological polar surface area (TPSA) is 45.3 Å². The second-order valence-electron chi connectivity index (χ2n) is 5.96. The standard InChI is InChI=1S/C20H22N2O2/c1-14(16-8-5-7-11-19(16)24-3)22(2)20(23)12-15-13-21-18-10-6-4-9-17(15)18/h4-11,13-14,21H,12H2,1-3H3. The summed E-state index contributed by atoms with van der Waals surface area (Å²) < 4.78 is 5.42. The molecule has 1 heterocycles. The number of carbonyl (C=O) groups excluding carboxylic acids is 1. The van der Waals surface area contributed by atoms with Crippen LogP contribution in [0.25, 0.3) is 10.9 Å². The number of aromatic nitrogens is 1. The Bertz CT molecular complexity index is 853. The Balaban J connectivity index is 1.79. The molecule has 0 saturated heterocycles. The molecule has 1 amide bonds. The van der Waals surface area contributed by atoms with Gasteiger partial charge in [0.05, 0.1) is 19.6 Å². The Kier molecular flexibility index (Phi) is 4.56. The van der Waals surface area contributed by atoms with E-state index >= 15 is 0 Å². The van der Waals surface area contributed by atoms with Crippen LogP contribution in [0, 0.1) is 0 Å². The van der Waals surface area contributed by atoms with Gasteiger partial charge in [0.2, 0.25) is 5.91 Å². The number of para-hydroxylation sites is 2. The van der Waals surface area contributed by atoms with E-state index in [9.17, 15) is 4.79 Å². The van der Waals surface area contributed by atoms with E-state index in [2.05, 4.69) is 4.98 Å². The summed E-state index contributed by atoms with van der Waals surface area (Å²) in [7, 11) is 3.49. The van der Waals surface area contributed by atoms with Crippen LogP contribution >= 0.6 is 0 Å². The molecule has 0 aliphatic carbocycles. The Labute approximate surface area is 142 Å². The first-order chi connectivity index (χ1) is 11.6. The molecule has 4 nitrogen and oxygen atoms in total. The number of hydrogen-bond donors (Lipinski definition) is 1. The number of likely N-dealkylation sites (N-methyl/N-ethyl adjacent to an activating group) is 1. The fraction of sp³-hybridized carbons (Fsp3) is 0.250. The van der Waals surface area contributed by atoms with Crippen molar-refractivity contribution in [2.45, 2.75) is 19.4 Å². The number of nitrogens with zero attached hydrogens (tertiary/aromatic N) is 1. The van der Waals surface area contributed by atoms with E-state index in [-0.39, 0.29) is 11.9 Å². The lowest BCUT2D eigenvalue weighted by Gasteiger charge is -2.26. The van der Waals surface area contributed by atoms with Crippen LogP contribution in [-0.2, 0) is 11.2 Å². The van der Waals surface area contributed by atoms with E-state index in [0.717, 1.165) is 27.8 Å². The monoisotopic (exact) mass is 322 g/mol. The van der Waals surface area contributed by atoms with Crippen LogP contribution in [0.15, 0.2) is 54.7 Å². The van der Waals surface area contributed by atoms with Crippen LogP contribution < -0.4 is 4.74 Å². The van der Waals surface area contributed by atoms with Crippen LogP contribution in [0.5, 0.6) is 5.75 Å². The molecule has 0 aliphatic heterocycles. The maximum absolute atomic E-state index is 12.7. The minimum absolute atomic E-state index is 0.0566. The number of amides is 1. The average molecular weight is 322 g/mol. The third-order valence-electron chi connectivity index (χ3n) is 4.58. The lowest BCUT2D eigenvalue weighted by molar-refractivity contribution is -0.131. The molecule has 0 spiro atoms. The summed E-state index contributed by atoms with van der Waals surface area (Å²) in [6, 6.07) is 15.8. The first-order valence-electron chi connectivity index (χ1n) is 8.05. The van der Waals surface area contributed by atoms with Crippen molar-refractivity contribution in [3.05, 3.63) is 65.9 Å². The summed E-state index contributed by atoms with van der Waals surface area (Å²) in [6.07, 6.45) is 2.30. The highest BCUT2D eigenvalue weighted by molar-refractivity contribution is 5.89. The molecule has 0 aliphatic rings. The number of methoxy groups -OCH3 is 1.